The SMILES string of the molecule is C1CCC(NC2CCCCC2)CC1.C=CC1=C(C(=O)O)N2C(=O)C(NC(=O)C(=NO)c3csc(N)n3)[C@@H]2SC1. The third-order valence-electron chi connectivity index (χ3n) is 7.49. The minimum Gasteiger partial charge on any atom is -0.477 e. The highest BCUT2D eigenvalue weighted by Gasteiger charge is 2.54. The number of carbonyl (C=O) groups excluding carboxylic acids is 2. The molecule has 0 aromatic carbocycles. The number of carbonyl (C=O) groups is 3. The van der Waals surface area contributed by atoms with Crippen molar-refractivity contribution in [2.45, 2.75) is 87.7 Å². The van der Waals surface area contributed by atoms with E-state index < -0.39 is 29.2 Å². The summed E-state index contributed by atoms with van der Waals surface area (Å²) in [6.45, 7) is 3.56. The molecule has 0 radical (unpaired) electrons. The maximum Gasteiger partial charge on any atom is 0.352 e. The van der Waals surface area contributed by atoms with Gasteiger partial charge in [-0.2, -0.15) is 0 Å². The topological polar surface area (TPSA) is 170 Å². The second-order valence-corrected chi connectivity index (χ2v) is 12.1. The number of hydrogen-bond donors (Lipinski definition) is 5. The fraction of sp³-hybridized carbons (Fsp3) is 0.577. The van der Waals surface area contributed by atoms with Gasteiger partial charge in [0, 0.05) is 23.2 Å². The summed E-state index contributed by atoms with van der Waals surface area (Å²) in [5, 5.41) is 28.8. The number of anilines is 1. The second kappa shape index (κ2) is 13.4. The number of allylic oxidation sites excluding steroid dienone is 1. The fourth-order valence-corrected chi connectivity index (χ4v) is 7.38. The number of β-lactam (4-membered cyclic amide) rings is 1. The molecule has 5 rings (SSSR count). The molecule has 2 atom stereocenters. The van der Waals surface area contributed by atoms with Gasteiger partial charge in [-0.25, -0.2) is 9.78 Å². The van der Waals surface area contributed by atoms with E-state index in [4.69, 9.17) is 10.9 Å². The van der Waals surface area contributed by atoms with Crippen LogP contribution in [0, 0.1) is 0 Å². The number of carboxylic acids is 1. The van der Waals surface area contributed by atoms with Gasteiger partial charge in [0.05, 0.1) is 0 Å². The highest BCUT2D eigenvalue weighted by Crippen LogP contribution is 2.40. The molecule has 6 N–H and O–H groups in total. The Labute approximate surface area is 236 Å². The van der Waals surface area contributed by atoms with Gasteiger partial charge in [-0.05, 0) is 31.3 Å². The van der Waals surface area contributed by atoms with Gasteiger partial charge in [-0.15, -0.1) is 23.1 Å². The quantitative estimate of drug-likeness (QED) is 0.142. The average Bonchev–Trinajstić information content (AvgIpc) is 3.38. The normalized spacial score (nSPS) is 24.3. The lowest BCUT2D eigenvalue weighted by Gasteiger charge is -2.49. The molecule has 4 aliphatic rings. The number of oxime groups is 1. The molecule has 1 unspecified atom stereocenters. The first kappa shape index (κ1) is 29.1. The zero-order chi connectivity index (χ0) is 27.9. The van der Waals surface area contributed by atoms with E-state index in [1.54, 1.807) is 0 Å². The molecule has 0 spiro atoms. The molecule has 2 aliphatic heterocycles. The van der Waals surface area contributed by atoms with Crippen LogP contribution in [-0.2, 0) is 14.4 Å². The summed E-state index contributed by atoms with van der Waals surface area (Å²) < 4.78 is 0. The van der Waals surface area contributed by atoms with Gasteiger partial charge in [0.25, 0.3) is 11.8 Å². The van der Waals surface area contributed by atoms with Crippen molar-refractivity contribution in [3.05, 3.63) is 35.0 Å². The molecule has 1 saturated heterocycles. The van der Waals surface area contributed by atoms with Crippen LogP contribution in [0.1, 0.15) is 69.9 Å². The zero-order valence-corrected chi connectivity index (χ0v) is 23.4. The van der Waals surface area contributed by atoms with Gasteiger partial charge in [-0.3, -0.25) is 14.5 Å². The van der Waals surface area contributed by atoms with Crippen molar-refractivity contribution in [3.8, 4) is 0 Å². The molecule has 39 heavy (non-hydrogen) atoms. The van der Waals surface area contributed by atoms with E-state index >= 15 is 0 Å². The smallest absolute Gasteiger partial charge is 0.352 e. The Bertz CT molecular complexity index is 1120. The largest absolute Gasteiger partial charge is 0.477 e. The van der Waals surface area contributed by atoms with Crippen LogP contribution in [0.5, 0.6) is 0 Å². The third-order valence-corrected chi connectivity index (χ3v) is 9.47. The Balaban J connectivity index is 0.000000226. The van der Waals surface area contributed by atoms with Crippen LogP contribution in [0.2, 0.25) is 0 Å². The highest BCUT2D eigenvalue weighted by atomic mass is 32.2. The van der Waals surface area contributed by atoms with Gasteiger partial charge in [0.1, 0.15) is 22.8 Å². The van der Waals surface area contributed by atoms with Crippen LogP contribution in [0.3, 0.4) is 0 Å². The molecule has 1 aromatic heterocycles. The number of rotatable bonds is 7. The third kappa shape index (κ3) is 6.82. The van der Waals surface area contributed by atoms with E-state index in [0.717, 1.165) is 28.3 Å². The van der Waals surface area contributed by atoms with E-state index in [0.29, 0.717) is 11.3 Å². The second-order valence-electron chi connectivity index (χ2n) is 10.1. The number of nitrogens with one attached hydrogen (secondary N) is 2. The van der Waals surface area contributed by atoms with Crippen LogP contribution in [-0.4, -0.2) is 72.9 Å². The van der Waals surface area contributed by atoms with Crippen molar-refractivity contribution < 1.29 is 24.7 Å². The molecule has 2 aliphatic carbocycles. The van der Waals surface area contributed by atoms with Crippen LogP contribution >= 0.6 is 23.1 Å². The van der Waals surface area contributed by atoms with Gasteiger partial charge < -0.3 is 26.7 Å². The lowest BCUT2D eigenvalue weighted by molar-refractivity contribution is -0.150. The number of fused-ring (bicyclic) bond motifs is 1. The lowest BCUT2D eigenvalue weighted by Crippen LogP contribution is -2.71. The summed E-state index contributed by atoms with van der Waals surface area (Å²) in [6, 6.07) is 0.801. The molecule has 2 amide bonds. The van der Waals surface area contributed by atoms with Gasteiger partial charge in [-0.1, -0.05) is 56.3 Å². The van der Waals surface area contributed by atoms with E-state index in [9.17, 15) is 19.5 Å². The predicted molar refractivity (Wildman–Crippen MR) is 152 cm³/mol. The van der Waals surface area contributed by atoms with E-state index in [1.807, 2.05) is 0 Å². The molecule has 3 heterocycles. The lowest BCUT2D eigenvalue weighted by atomic mass is 9.91. The summed E-state index contributed by atoms with van der Waals surface area (Å²) in [7, 11) is 0. The maximum absolute atomic E-state index is 12.4. The van der Waals surface area contributed by atoms with Crippen molar-refractivity contribution in [2.75, 3.05) is 11.5 Å². The minimum absolute atomic E-state index is 0.0764. The first-order chi connectivity index (χ1) is 18.8. The number of nitrogens with two attached hydrogens (primary N) is 1. The maximum atomic E-state index is 12.4. The molecule has 3 fully saturated rings. The summed E-state index contributed by atoms with van der Waals surface area (Å²) in [4.78, 5) is 41.2. The van der Waals surface area contributed by atoms with Gasteiger partial charge in [0.2, 0.25) is 0 Å². The number of thioether (sulfide) groups is 1. The number of aliphatic carboxylic acids is 1. The van der Waals surface area contributed by atoms with Crippen LogP contribution in [0.4, 0.5) is 5.13 Å². The molecule has 0 bridgehead atoms. The number of carboxylic acid groups (broad SMARTS) is 1. The summed E-state index contributed by atoms with van der Waals surface area (Å²) in [5.74, 6) is -2.27. The number of nitrogens with zero attached hydrogens (tertiary/aromatic N) is 3. The highest BCUT2D eigenvalue weighted by molar-refractivity contribution is 8.00. The summed E-state index contributed by atoms with van der Waals surface area (Å²) in [5.41, 5.74) is 5.49. The first-order valence-electron chi connectivity index (χ1n) is 13.4. The average molecular weight is 577 g/mol. The van der Waals surface area contributed by atoms with Crippen molar-refractivity contribution >= 4 is 51.7 Å². The Kier molecular flexibility index (Phi) is 10.0. The first-order valence-corrected chi connectivity index (χ1v) is 15.3. The van der Waals surface area contributed by atoms with Gasteiger partial charge in [0.15, 0.2) is 10.8 Å². The number of aromatic nitrogens is 1. The standard InChI is InChI=1S/C14H13N5O5S2.C12H23N/c1-2-5-3-25-12-8(11(21)19(12)9(5)13(22)23)17-10(20)7(18-24)6-4-26-14(15)16-6;1-3-7-11(8-4-1)13-12-9-5-2-6-10-12/h2,4,8,12,24H,1,3H2,(H2,15,16)(H,17,20)(H,22,23);11-13H,1-10H2/t8?,12-;/m0./s1. The Morgan fingerprint density at radius 2 is 1.74 bits per heavy atom. The monoisotopic (exact) mass is 576 g/mol. The molecule has 11 nitrogen and oxygen atoms in total. The van der Waals surface area contributed by atoms with Crippen molar-refractivity contribution in [1.82, 2.24) is 20.5 Å². The Morgan fingerprint density at radius 3 is 2.23 bits per heavy atom. The number of nitrogen functional groups attached to an aromatic ring is 1. The molecule has 212 valence electrons. The Hall–Kier alpha value is -2.90. The number of amides is 2. The Morgan fingerprint density at radius 1 is 1.13 bits per heavy atom. The minimum atomic E-state index is -1.24. The van der Waals surface area contributed by atoms with E-state index in [-0.39, 0.29) is 22.2 Å². The zero-order valence-electron chi connectivity index (χ0n) is 21.8. The van der Waals surface area contributed by atoms with Crippen LogP contribution in [0.15, 0.2) is 34.5 Å². The summed E-state index contributed by atoms with van der Waals surface area (Å²) >= 11 is 2.37. The van der Waals surface area contributed by atoms with Crippen molar-refractivity contribution in [2.24, 2.45) is 5.16 Å². The van der Waals surface area contributed by atoms with Crippen LogP contribution < -0.4 is 16.4 Å². The number of hydrogen-bond acceptors (Lipinski definition) is 10. The van der Waals surface area contributed by atoms with Crippen LogP contribution in [0.25, 0.3) is 0 Å². The summed E-state index contributed by atoms with van der Waals surface area (Å²) in [6.07, 6.45) is 16.0. The molecular weight excluding hydrogens is 540 g/mol. The molecule has 1 aromatic rings. The molecule has 13 heteroatoms. The van der Waals surface area contributed by atoms with E-state index in [1.165, 1.54) is 87.4 Å². The predicted octanol–water partition coefficient (Wildman–Crippen LogP) is 3.07. The fourth-order valence-electron chi connectivity index (χ4n) is 5.49. The molecular formula is C26H36N6O5S2. The number of thiazole rings is 1. The molecule has 2 saturated carbocycles. The van der Waals surface area contributed by atoms with Gasteiger partial charge >= 0.3 is 5.97 Å². The van der Waals surface area contributed by atoms with E-state index in [2.05, 4.69) is 27.4 Å². The van der Waals surface area contributed by atoms with Crippen molar-refractivity contribution in [3.63, 3.8) is 0 Å². The van der Waals surface area contributed by atoms with Crippen molar-refractivity contribution in [1.29, 1.82) is 0 Å².